The number of aryl methyl sites for hydroxylation is 3. The molecule has 1 aromatic carbocycles. The van der Waals surface area contributed by atoms with Crippen molar-refractivity contribution in [1.29, 1.82) is 0 Å². The fraction of sp³-hybridized carbons (Fsp3) is 0.333. The fourth-order valence-corrected chi connectivity index (χ4v) is 3.68. The highest BCUT2D eigenvalue weighted by Crippen LogP contribution is 2.25. The van der Waals surface area contributed by atoms with Crippen LogP contribution in [0.25, 0.3) is 11.2 Å². The average molecular weight is 387 g/mol. The van der Waals surface area contributed by atoms with Gasteiger partial charge in [-0.15, -0.1) is 0 Å². The molecule has 0 radical (unpaired) electrons. The first kappa shape index (κ1) is 19.0. The number of carbonyl (C=O) groups excluding carboxylic acids is 1. The Morgan fingerprint density at radius 1 is 1.19 bits per heavy atom. The maximum absolute atomic E-state index is 12.7. The van der Waals surface area contributed by atoms with E-state index >= 15 is 0 Å². The van der Waals surface area contributed by atoms with E-state index in [1.165, 1.54) is 25.6 Å². The maximum Gasteiger partial charge on any atom is 0.332 e. The molecule has 0 amide bonds. The minimum absolute atomic E-state index is 0.240. The first-order valence-electron chi connectivity index (χ1n) is 8.39. The lowest BCUT2D eigenvalue weighted by Gasteiger charge is -2.13. The van der Waals surface area contributed by atoms with E-state index in [2.05, 4.69) is 4.98 Å². The molecule has 0 aliphatic carbocycles. The number of fused-ring (bicyclic) bond motifs is 1. The normalized spacial score (nSPS) is 12.4. The summed E-state index contributed by atoms with van der Waals surface area (Å²) in [5.74, 6) is -1.22. The van der Waals surface area contributed by atoms with Crippen LogP contribution in [0.5, 0.6) is 0 Å². The third kappa shape index (κ3) is 3.55. The summed E-state index contributed by atoms with van der Waals surface area (Å²) >= 11 is 0.995. The number of benzene rings is 1. The highest BCUT2D eigenvalue weighted by molar-refractivity contribution is 8.00. The molecule has 142 valence electrons. The van der Waals surface area contributed by atoms with Crippen LogP contribution in [-0.4, -0.2) is 29.9 Å². The van der Waals surface area contributed by atoms with Gasteiger partial charge in [-0.05, 0) is 18.9 Å². The second-order valence-corrected chi connectivity index (χ2v) is 7.55. The number of hydrogen-bond donors (Lipinski definition) is 0. The number of hydrogen-bond acceptors (Lipinski definition) is 6. The maximum atomic E-state index is 12.7. The Bertz CT molecular complexity index is 1110. The van der Waals surface area contributed by atoms with Gasteiger partial charge < -0.3 is 14.5 Å². The number of imidazole rings is 1. The molecule has 0 fully saturated rings. The summed E-state index contributed by atoms with van der Waals surface area (Å²) in [7, 11) is 2.95. The van der Waals surface area contributed by atoms with Gasteiger partial charge in [-0.25, -0.2) is 9.78 Å². The van der Waals surface area contributed by atoms with E-state index in [0.29, 0.717) is 18.1 Å². The Balaban J connectivity index is 2.15. The largest absolute Gasteiger partial charge is 0.549 e. The molecule has 8 nitrogen and oxygen atoms in total. The van der Waals surface area contributed by atoms with Crippen molar-refractivity contribution in [2.45, 2.75) is 30.3 Å². The molecule has 0 aliphatic heterocycles. The SMILES string of the molecule is CC(Sc1nc2c(c(=O)n(C)c(=O)n2C)n1CCc1ccccc1)C(=O)[O-]. The molecule has 1 unspecified atom stereocenters. The molecule has 0 bridgehead atoms. The first-order valence-corrected chi connectivity index (χ1v) is 9.27. The van der Waals surface area contributed by atoms with Crippen LogP contribution in [0.3, 0.4) is 0 Å². The molecule has 0 saturated heterocycles. The monoisotopic (exact) mass is 387 g/mol. The molecule has 0 aliphatic rings. The van der Waals surface area contributed by atoms with Crippen LogP contribution in [0.2, 0.25) is 0 Å². The number of rotatable bonds is 6. The smallest absolute Gasteiger partial charge is 0.332 e. The molecular weight excluding hydrogens is 368 g/mol. The van der Waals surface area contributed by atoms with Gasteiger partial charge in [-0.1, -0.05) is 42.1 Å². The summed E-state index contributed by atoms with van der Waals surface area (Å²) < 4.78 is 4.01. The number of aromatic nitrogens is 4. The molecule has 0 spiro atoms. The predicted octanol–water partition coefficient (Wildman–Crippen LogP) is -0.0931. The zero-order valence-electron chi connectivity index (χ0n) is 15.2. The van der Waals surface area contributed by atoms with Crippen molar-refractivity contribution in [2.24, 2.45) is 14.1 Å². The van der Waals surface area contributed by atoms with E-state index in [1.54, 1.807) is 4.57 Å². The van der Waals surface area contributed by atoms with Crippen LogP contribution in [0, 0.1) is 0 Å². The van der Waals surface area contributed by atoms with Gasteiger partial charge in [-0.3, -0.25) is 13.9 Å². The van der Waals surface area contributed by atoms with Gasteiger partial charge >= 0.3 is 5.69 Å². The minimum atomic E-state index is -1.22. The molecule has 0 saturated carbocycles. The van der Waals surface area contributed by atoms with Crippen LogP contribution < -0.4 is 16.4 Å². The van der Waals surface area contributed by atoms with E-state index < -0.39 is 22.5 Å². The van der Waals surface area contributed by atoms with Crippen LogP contribution >= 0.6 is 11.8 Å². The topological polar surface area (TPSA) is 102 Å². The Kier molecular flexibility index (Phi) is 5.22. The highest BCUT2D eigenvalue weighted by atomic mass is 32.2. The fourth-order valence-electron chi connectivity index (χ4n) is 2.82. The van der Waals surface area contributed by atoms with Crippen molar-refractivity contribution in [2.75, 3.05) is 0 Å². The van der Waals surface area contributed by atoms with Gasteiger partial charge in [-0.2, -0.15) is 0 Å². The van der Waals surface area contributed by atoms with Gasteiger partial charge in [0.05, 0.1) is 5.97 Å². The molecular formula is C18H19N4O4S-. The summed E-state index contributed by atoms with van der Waals surface area (Å²) in [5, 5.41) is 10.7. The van der Waals surface area contributed by atoms with E-state index in [-0.39, 0.29) is 11.2 Å². The number of carboxylic acid groups (broad SMARTS) is 1. The van der Waals surface area contributed by atoms with E-state index in [4.69, 9.17) is 0 Å². The molecule has 1 atom stereocenters. The molecule has 2 aromatic heterocycles. The summed E-state index contributed by atoms with van der Waals surface area (Å²) in [5.41, 5.74) is 0.656. The second kappa shape index (κ2) is 7.43. The Morgan fingerprint density at radius 3 is 2.48 bits per heavy atom. The van der Waals surface area contributed by atoms with Crippen molar-refractivity contribution < 1.29 is 9.90 Å². The second-order valence-electron chi connectivity index (χ2n) is 6.24. The quantitative estimate of drug-likeness (QED) is 0.548. The number of carbonyl (C=O) groups is 1. The van der Waals surface area contributed by atoms with E-state index in [0.717, 1.165) is 21.9 Å². The highest BCUT2D eigenvalue weighted by Gasteiger charge is 2.21. The number of thioether (sulfide) groups is 1. The standard InChI is InChI=1S/C18H20N4O4S/c1-11(16(24)25)27-17-19-14-13(15(23)21(3)18(26)20(14)2)22(17)10-9-12-7-5-4-6-8-12/h4-8,11H,9-10H2,1-3H3,(H,24,25)/p-1. The molecule has 9 heteroatoms. The van der Waals surface area contributed by atoms with Crippen molar-refractivity contribution in [3.05, 3.63) is 56.7 Å². The zero-order valence-corrected chi connectivity index (χ0v) is 16.0. The summed E-state index contributed by atoms with van der Waals surface area (Å²) in [6.45, 7) is 1.92. The van der Waals surface area contributed by atoms with Crippen molar-refractivity contribution in [3.8, 4) is 0 Å². The Labute approximate surface area is 159 Å². The van der Waals surface area contributed by atoms with Crippen LogP contribution in [0.1, 0.15) is 12.5 Å². The summed E-state index contributed by atoms with van der Waals surface area (Å²) in [6.07, 6.45) is 0.631. The molecule has 3 rings (SSSR count). The number of nitrogens with zero attached hydrogens (tertiary/aromatic N) is 4. The van der Waals surface area contributed by atoms with Gasteiger partial charge in [0.15, 0.2) is 16.3 Å². The van der Waals surface area contributed by atoms with E-state index in [9.17, 15) is 19.5 Å². The first-order chi connectivity index (χ1) is 12.8. The Hall–Kier alpha value is -2.81. The molecule has 27 heavy (non-hydrogen) atoms. The van der Waals surface area contributed by atoms with Crippen LogP contribution in [0.4, 0.5) is 0 Å². The Morgan fingerprint density at radius 2 is 1.85 bits per heavy atom. The van der Waals surface area contributed by atoms with Crippen molar-refractivity contribution in [1.82, 2.24) is 18.7 Å². The number of aliphatic carboxylic acids is 1. The van der Waals surface area contributed by atoms with Gasteiger partial charge in [0.1, 0.15) is 0 Å². The lowest BCUT2D eigenvalue weighted by Crippen LogP contribution is -2.37. The van der Waals surface area contributed by atoms with Gasteiger partial charge in [0, 0.05) is 25.9 Å². The minimum Gasteiger partial charge on any atom is -0.549 e. The predicted molar refractivity (Wildman–Crippen MR) is 101 cm³/mol. The van der Waals surface area contributed by atoms with Gasteiger partial charge in [0.2, 0.25) is 0 Å². The lowest BCUT2D eigenvalue weighted by atomic mass is 10.1. The van der Waals surface area contributed by atoms with Crippen LogP contribution in [-0.2, 0) is 31.9 Å². The number of carboxylic acids is 1. The zero-order chi connectivity index (χ0) is 19.7. The molecule has 2 heterocycles. The summed E-state index contributed by atoms with van der Waals surface area (Å²) in [6, 6.07) is 9.73. The average Bonchev–Trinajstić information content (AvgIpc) is 3.02. The van der Waals surface area contributed by atoms with Crippen molar-refractivity contribution >= 4 is 28.9 Å². The lowest BCUT2D eigenvalue weighted by molar-refractivity contribution is -0.304. The van der Waals surface area contributed by atoms with Crippen LogP contribution in [0.15, 0.2) is 45.1 Å². The van der Waals surface area contributed by atoms with Gasteiger partial charge in [0.25, 0.3) is 5.56 Å². The molecule has 3 aromatic rings. The van der Waals surface area contributed by atoms with E-state index in [1.807, 2.05) is 30.3 Å². The molecule has 0 N–H and O–H groups in total. The third-order valence-electron chi connectivity index (χ3n) is 4.39. The van der Waals surface area contributed by atoms with Crippen molar-refractivity contribution in [3.63, 3.8) is 0 Å². The third-order valence-corrected chi connectivity index (χ3v) is 5.46. The summed E-state index contributed by atoms with van der Waals surface area (Å²) in [4.78, 5) is 40.5.